The highest BCUT2D eigenvalue weighted by atomic mass is 35.5. The second-order valence-corrected chi connectivity index (χ2v) is 6.75. The summed E-state index contributed by atoms with van der Waals surface area (Å²) >= 11 is 6.09. The third-order valence-electron chi connectivity index (χ3n) is 4.58. The summed E-state index contributed by atoms with van der Waals surface area (Å²) in [4.78, 5) is 25.2. The van der Waals surface area contributed by atoms with Crippen molar-refractivity contribution in [1.82, 2.24) is 30.1 Å². The lowest BCUT2D eigenvalue weighted by Gasteiger charge is -2.14. The number of pyridine rings is 1. The largest absolute Gasteiger partial charge is 0.502 e. The van der Waals surface area contributed by atoms with Gasteiger partial charge in [0.05, 0.1) is 16.8 Å². The number of carbonyl (C=O) groups excluding carboxylic acids is 1. The number of amides is 1. The average molecular weight is 411 g/mol. The molecule has 0 bridgehead atoms. The van der Waals surface area contributed by atoms with E-state index in [9.17, 15) is 14.7 Å². The zero-order valence-electron chi connectivity index (χ0n) is 15.2. The fourth-order valence-corrected chi connectivity index (χ4v) is 3.36. The molecule has 0 saturated heterocycles. The van der Waals surface area contributed by atoms with E-state index in [1.165, 1.54) is 22.6 Å². The first-order chi connectivity index (χ1) is 14.0. The number of tetrazole rings is 1. The molecule has 0 aliphatic carbocycles. The number of carbonyl (C=O) groups is 1. The second-order valence-electron chi connectivity index (χ2n) is 6.32. The zero-order chi connectivity index (χ0) is 20.5. The molecule has 2 N–H and O–H groups in total. The van der Waals surface area contributed by atoms with Gasteiger partial charge in [-0.05, 0) is 40.3 Å². The molecule has 0 unspecified atom stereocenters. The van der Waals surface area contributed by atoms with Gasteiger partial charge in [0.2, 0.25) is 0 Å². The maximum absolute atomic E-state index is 12.9. The monoisotopic (exact) mass is 410 g/mol. The fraction of sp³-hybridized carbons (Fsp3) is 0.105. The van der Waals surface area contributed by atoms with Crippen LogP contribution in [0.25, 0.3) is 16.6 Å². The first-order valence-corrected chi connectivity index (χ1v) is 8.96. The third-order valence-corrected chi connectivity index (χ3v) is 4.82. The molecular formula is C19H15ClN6O3. The second kappa shape index (κ2) is 7.36. The Bertz CT molecular complexity index is 1280. The molecule has 0 aliphatic rings. The van der Waals surface area contributed by atoms with E-state index >= 15 is 0 Å². The van der Waals surface area contributed by atoms with E-state index in [4.69, 9.17) is 11.6 Å². The van der Waals surface area contributed by atoms with Crippen LogP contribution in [0.2, 0.25) is 5.02 Å². The van der Waals surface area contributed by atoms with Crippen molar-refractivity contribution in [3.63, 3.8) is 0 Å². The van der Waals surface area contributed by atoms with Crippen molar-refractivity contribution < 1.29 is 9.90 Å². The number of halogens is 1. The molecule has 0 aliphatic heterocycles. The molecule has 2 aromatic heterocycles. The number of benzene rings is 2. The van der Waals surface area contributed by atoms with Crippen LogP contribution in [0.1, 0.15) is 15.9 Å². The van der Waals surface area contributed by atoms with Crippen LogP contribution < -0.4 is 10.9 Å². The Labute approximate surface area is 169 Å². The Kier molecular flexibility index (Phi) is 4.73. The standard InChI is InChI=1S/C19H15ClN6O3/c1-25-15-5-3-2-4-13(15)16(17(27)19(25)29)18(28)21-9-11-8-12(20)6-7-14(11)26-10-22-23-24-26/h2-8,10,27H,9H2,1H3,(H,21,28). The van der Waals surface area contributed by atoms with Crippen LogP contribution in [0.3, 0.4) is 0 Å². The van der Waals surface area contributed by atoms with Gasteiger partial charge in [-0.3, -0.25) is 9.59 Å². The van der Waals surface area contributed by atoms with E-state index < -0.39 is 17.2 Å². The molecule has 10 heteroatoms. The molecule has 2 heterocycles. The molecule has 2 aromatic carbocycles. The first kappa shape index (κ1) is 18.6. The number of fused-ring (bicyclic) bond motifs is 1. The summed E-state index contributed by atoms with van der Waals surface area (Å²) < 4.78 is 2.75. The van der Waals surface area contributed by atoms with E-state index in [2.05, 4.69) is 20.8 Å². The van der Waals surface area contributed by atoms with Crippen LogP contribution in [0, 0.1) is 0 Å². The number of hydrogen-bond acceptors (Lipinski definition) is 6. The maximum Gasteiger partial charge on any atom is 0.293 e. The van der Waals surface area contributed by atoms with Gasteiger partial charge in [-0.2, -0.15) is 0 Å². The zero-order valence-corrected chi connectivity index (χ0v) is 16.0. The molecule has 146 valence electrons. The Morgan fingerprint density at radius 1 is 1.24 bits per heavy atom. The summed E-state index contributed by atoms with van der Waals surface area (Å²) in [5.41, 5.74) is 1.11. The van der Waals surface area contributed by atoms with E-state index in [-0.39, 0.29) is 12.1 Å². The SMILES string of the molecule is Cn1c(=O)c(O)c(C(=O)NCc2cc(Cl)ccc2-n2cnnn2)c2ccccc21. The van der Waals surface area contributed by atoms with Crippen molar-refractivity contribution in [2.45, 2.75) is 6.54 Å². The number of nitrogens with zero attached hydrogens (tertiary/aromatic N) is 5. The van der Waals surface area contributed by atoms with Crippen LogP contribution in [0.4, 0.5) is 0 Å². The first-order valence-electron chi connectivity index (χ1n) is 8.58. The van der Waals surface area contributed by atoms with Crippen molar-refractivity contribution in [1.29, 1.82) is 0 Å². The molecule has 0 spiro atoms. The van der Waals surface area contributed by atoms with Crippen molar-refractivity contribution in [3.05, 3.63) is 75.3 Å². The van der Waals surface area contributed by atoms with E-state index in [1.807, 2.05) is 0 Å². The molecule has 29 heavy (non-hydrogen) atoms. The van der Waals surface area contributed by atoms with Crippen LogP contribution in [-0.2, 0) is 13.6 Å². The highest BCUT2D eigenvalue weighted by Gasteiger charge is 2.20. The number of rotatable bonds is 4. The van der Waals surface area contributed by atoms with E-state index in [1.54, 1.807) is 42.5 Å². The number of para-hydroxylation sites is 1. The van der Waals surface area contributed by atoms with Gasteiger partial charge >= 0.3 is 0 Å². The van der Waals surface area contributed by atoms with Gasteiger partial charge in [0.25, 0.3) is 11.5 Å². The quantitative estimate of drug-likeness (QED) is 0.530. The van der Waals surface area contributed by atoms with Gasteiger partial charge in [0, 0.05) is 24.0 Å². The molecule has 4 rings (SSSR count). The minimum absolute atomic E-state index is 0.0744. The van der Waals surface area contributed by atoms with E-state index in [0.717, 1.165) is 0 Å². The predicted molar refractivity (Wildman–Crippen MR) is 106 cm³/mol. The average Bonchev–Trinajstić information content (AvgIpc) is 3.25. The number of hydrogen-bond donors (Lipinski definition) is 2. The highest BCUT2D eigenvalue weighted by Crippen LogP contribution is 2.24. The Balaban J connectivity index is 1.71. The number of aromatic hydroxyl groups is 1. The molecule has 0 saturated carbocycles. The number of aryl methyl sites for hydroxylation is 1. The van der Waals surface area contributed by atoms with Crippen molar-refractivity contribution in [2.75, 3.05) is 0 Å². The van der Waals surface area contributed by atoms with Crippen LogP contribution in [-0.4, -0.2) is 35.8 Å². The van der Waals surface area contributed by atoms with Gasteiger partial charge in [-0.15, -0.1) is 5.10 Å². The van der Waals surface area contributed by atoms with Gasteiger partial charge in [-0.1, -0.05) is 29.8 Å². The fourth-order valence-electron chi connectivity index (χ4n) is 3.16. The highest BCUT2D eigenvalue weighted by molar-refractivity contribution is 6.30. The summed E-state index contributed by atoms with van der Waals surface area (Å²) in [5.74, 6) is -1.19. The Morgan fingerprint density at radius 2 is 2.03 bits per heavy atom. The Morgan fingerprint density at radius 3 is 2.79 bits per heavy atom. The van der Waals surface area contributed by atoms with Crippen molar-refractivity contribution >= 4 is 28.4 Å². The predicted octanol–water partition coefficient (Wildman–Crippen LogP) is 1.80. The minimum atomic E-state index is -0.647. The minimum Gasteiger partial charge on any atom is -0.502 e. The van der Waals surface area contributed by atoms with E-state index in [0.29, 0.717) is 27.2 Å². The van der Waals surface area contributed by atoms with Gasteiger partial charge < -0.3 is 15.0 Å². The molecule has 0 fully saturated rings. The van der Waals surface area contributed by atoms with Gasteiger partial charge in [-0.25, -0.2) is 4.68 Å². The lowest BCUT2D eigenvalue weighted by Crippen LogP contribution is -2.27. The summed E-state index contributed by atoms with van der Waals surface area (Å²) in [6.45, 7) is 0.0809. The van der Waals surface area contributed by atoms with Gasteiger partial charge in [0.15, 0.2) is 5.75 Å². The smallest absolute Gasteiger partial charge is 0.293 e. The van der Waals surface area contributed by atoms with Gasteiger partial charge in [0.1, 0.15) is 6.33 Å². The topological polar surface area (TPSA) is 115 Å². The molecule has 1 amide bonds. The van der Waals surface area contributed by atoms with Crippen molar-refractivity contribution in [2.24, 2.45) is 7.05 Å². The maximum atomic E-state index is 12.9. The molecular weight excluding hydrogens is 396 g/mol. The summed E-state index contributed by atoms with van der Waals surface area (Å²) in [6, 6.07) is 12.0. The summed E-state index contributed by atoms with van der Waals surface area (Å²) in [5, 5.41) is 25.1. The number of nitrogens with one attached hydrogen (secondary N) is 1. The lowest BCUT2D eigenvalue weighted by atomic mass is 10.1. The van der Waals surface area contributed by atoms with Crippen molar-refractivity contribution in [3.8, 4) is 11.4 Å². The third kappa shape index (κ3) is 3.32. The summed E-state index contributed by atoms with van der Waals surface area (Å²) in [7, 11) is 1.54. The van der Waals surface area contributed by atoms with Crippen LogP contribution in [0.5, 0.6) is 5.75 Å². The lowest BCUT2D eigenvalue weighted by molar-refractivity contribution is 0.0949. The number of aromatic nitrogens is 5. The molecule has 4 aromatic rings. The van der Waals surface area contributed by atoms with Crippen LogP contribution >= 0.6 is 11.6 Å². The summed E-state index contributed by atoms with van der Waals surface area (Å²) in [6.07, 6.45) is 1.43. The Hall–Kier alpha value is -3.72. The molecule has 0 atom stereocenters. The van der Waals surface area contributed by atoms with Crippen LogP contribution in [0.15, 0.2) is 53.6 Å². The molecule has 9 nitrogen and oxygen atoms in total. The molecule has 0 radical (unpaired) electrons. The normalized spacial score (nSPS) is 11.0.